The smallest absolute Gasteiger partial charge is 0.191 e. The maximum absolute atomic E-state index is 4.72. The average molecular weight is 495 g/mol. The monoisotopic (exact) mass is 495 g/mol. The number of rotatable bonds is 8. The summed E-state index contributed by atoms with van der Waals surface area (Å²) >= 11 is 0. The van der Waals surface area contributed by atoms with E-state index in [0.29, 0.717) is 0 Å². The number of nitrogens with one attached hydrogen (secondary N) is 3. The van der Waals surface area contributed by atoms with Crippen molar-refractivity contribution in [3.05, 3.63) is 47.7 Å². The first-order chi connectivity index (χ1) is 13.2. The van der Waals surface area contributed by atoms with Crippen LogP contribution in [-0.4, -0.2) is 45.3 Å². The number of hydrogen-bond donors (Lipinski definition) is 3. The molecule has 3 aromatic rings. The molecule has 2 aromatic heterocycles. The number of aliphatic imine (C=N–C) groups is 1. The molecular weight excluding hydrogens is 465 g/mol. The van der Waals surface area contributed by atoms with E-state index in [1.807, 2.05) is 0 Å². The molecule has 0 aliphatic heterocycles. The SMILES string of the molecule is CCNC(=NCCc1c[nH]c2c(C)cccc12)NCCn1cnnc1CC.I. The van der Waals surface area contributed by atoms with Gasteiger partial charge in [-0.2, -0.15) is 0 Å². The summed E-state index contributed by atoms with van der Waals surface area (Å²) in [4.78, 5) is 8.11. The Balaban J connectivity index is 0.00000280. The molecule has 3 N–H and O–H groups in total. The van der Waals surface area contributed by atoms with Crippen LogP contribution in [0.1, 0.15) is 30.8 Å². The zero-order valence-electron chi connectivity index (χ0n) is 16.8. The highest BCUT2D eigenvalue weighted by Gasteiger charge is 2.05. The lowest BCUT2D eigenvalue weighted by atomic mass is 10.1. The third kappa shape index (κ3) is 5.46. The molecule has 0 spiro atoms. The Morgan fingerprint density at radius 2 is 2.11 bits per heavy atom. The van der Waals surface area contributed by atoms with Crippen molar-refractivity contribution >= 4 is 40.8 Å². The number of fused-ring (bicyclic) bond motifs is 1. The lowest BCUT2D eigenvalue weighted by molar-refractivity contribution is 0.632. The summed E-state index contributed by atoms with van der Waals surface area (Å²) in [6.45, 7) is 9.48. The Labute approximate surface area is 183 Å². The molecule has 2 heterocycles. The molecule has 0 amide bonds. The van der Waals surface area contributed by atoms with Crippen molar-refractivity contribution in [2.45, 2.75) is 40.2 Å². The number of aromatic amines is 1. The lowest BCUT2D eigenvalue weighted by Crippen LogP contribution is -2.39. The number of aromatic nitrogens is 4. The Hall–Kier alpha value is -2.10. The van der Waals surface area contributed by atoms with Gasteiger partial charge in [-0.1, -0.05) is 25.1 Å². The zero-order valence-corrected chi connectivity index (χ0v) is 19.2. The molecule has 0 atom stereocenters. The first-order valence-electron chi connectivity index (χ1n) is 9.67. The van der Waals surface area contributed by atoms with Crippen LogP contribution < -0.4 is 10.6 Å². The Morgan fingerprint density at radius 3 is 2.89 bits per heavy atom. The van der Waals surface area contributed by atoms with Crippen molar-refractivity contribution < 1.29 is 0 Å². The van der Waals surface area contributed by atoms with E-state index in [1.165, 1.54) is 22.0 Å². The molecule has 0 aliphatic carbocycles. The maximum atomic E-state index is 4.72. The molecule has 28 heavy (non-hydrogen) atoms. The molecule has 0 radical (unpaired) electrons. The van der Waals surface area contributed by atoms with Gasteiger partial charge >= 0.3 is 0 Å². The molecule has 0 bridgehead atoms. The summed E-state index contributed by atoms with van der Waals surface area (Å²) in [5.41, 5.74) is 3.81. The second-order valence-corrected chi connectivity index (χ2v) is 6.54. The number of nitrogens with zero attached hydrogens (tertiary/aromatic N) is 4. The first kappa shape index (κ1) is 22.2. The van der Waals surface area contributed by atoms with Crippen molar-refractivity contribution in [3.63, 3.8) is 0 Å². The number of hydrogen-bond acceptors (Lipinski definition) is 3. The number of para-hydroxylation sites is 1. The van der Waals surface area contributed by atoms with E-state index in [9.17, 15) is 0 Å². The van der Waals surface area contributed by atoms with Gasteiger partial charge in [0.1, 0.15) is 12.2 Å². The van der Waals surface area contributed by atoms with Crippen molar-refractivity contribution in [3.8, 4) is 0 Å². The van der Waals surface area contributed by atoms with E-state index in [0.717, 1.165) is 50.8 Å². The number of halogens is 1. The fourth-order valence-corrected chi connectivity index (χ4v) is 3.23. The van der Waals surface area contributed by atoms with Crippen LogP contribution in [0.2, 0.25) is 0 Å². The standard InChI is InChI=1S/C20H29N7.HI/c1-4-18-26-25-14-27(18)12-11-23-20(21-5-2)22-10-9-16-13-24-19-15(3)7-6-8-17(16)19;/h6-8,13-14,24H,4-5,9-12H2,1-3H3,(H2,21,22,23);1H. The van der Waals surface area contributed by atoms with Gasteiger partial charge in [-0.25, -0.2) is 0 Å². The average Bonchev–Trinajstić information content (AvgIpc) is 3.29. The van der Waals surface area contributed by atoms with Crippen LogP contribution in [0.15, 0.2) is 35.7 Å². The highest BCUT2D eigenvalue weighted by molar-refractivity contribution is 14.0. The second kappa shape index (κ2) is 11.0. The Bertz CT molecular complexity index is 897. The van der Waals surface area contributed by atoms with Gasteiger partial charge in [0.2, 0.25) is 0 Å². The lowest BCUT2D eigenvalue weighted by Gasteiger charge is -2.12. The third-order valence-corrected chi connectivity index (χ3v) is 4.66. The quantitative estimate of drug-likeness (QED) is 0.255. The minimum atomic E-state index is 0. The van der Waals surface area contributed by atoms with Gasteiger partial charge in [0.05, 0.1) is 0 Å². The topological polar surface area (TPSA) is 82.9 Å². The summed E-state index contributed by atoms with van der Waals surface area (Å²) in [5.74, 6) is 1.85. The molecule has 0 saturated heterocycles. The zero-order chi connectivity index (χ0) is 19.1. The van der Waals surface area contributed by atoms with Crippen LogP contribution in [0.4, 0.5) is 0 Å². The van der Waals surface area contributed by atoms with Crippen molar-refractivity contribution in [2.75, 3.05) is 19.6 Å². The minimum Gasteiger partial charge on any atom is -0.361 e. The van der Waals surface area contributed by atoms with Crippen LogP contribution in [0.5, 0.6) is 0 Å². The third-order valence-electron chi connectivity index (χ3n) is 4.66. The molecular formula is C20H30IN7. The Kier molecular flexibility index (Phi) is 8.75. The fraction of sp³-hybridized carbons (Fsp3) is 0.450. The summed E-state index contributed by atoms with van der Waals surface area (Å²) in [5, 5.41) is 16.1. The van der Waals surface area contributed by atoms with Gasteiger partial charge in [0, 0.05) is 49.7 Å². The molecule has 8 heteroatoms. The summed E-state index contributed by atoms with van der Waals surface area (Å²) < 4.78 is 2.07. The molecule has 1 aromatic carbocycles. The van der Waals surface area contributed by atoms with Crippen molar-refractivity contribution in [1.82, 2.24) is 30.4 Å². The first-order valence-corrected chi connectivity index (χ1v) is 9.67. The predicted octanol–water partition coefficient (Wildman–Crippen LogP) is 3.05. The summed E-state index contributed by atoms with van der Waals surface area (Å²) in [6, 6.07) is 6.42. The largest absolute Gasteiger partial charge is 0.361 e. The fourth-order valence-electron chi connectivity index (χ4n) is 3.23. The number of aryl methyl sites for hydroxylation is 2. The molecule has 7 nitrogen and oxygen atoms in total. The van der Waals surface area contributed by atoms with Crippen molar-refractivity contribution in [2.24, 2.45) is 4.99 Å². The normalized spacial score (nSPS) is 11.5. The van der Waals surface area contributed by atoms with Gasteiger partial charge < -0.3 is 20.2 Å². The van der Waals surface area contributed by atoms with E-state index < -0.39 is 0 Å². The molecule has 0 fully saturated rings. The maximum Gasteiger partial charge on any atom is 0.191 e. The highest BCUT2D eigenvalue weighted by atomic mass is 127. The predicted molar refractivity (Wildman–Crippen MR) is 126 cm³/mol. The van der Waals surface area contributed by atoms with Gasteiger partial charge in [-0.05, 0) is 31.4 Å². The molecule has 0 aliphatic rings. The highest BCUT2D eigenvalue weighted by Crippen LogP contribution is 2.21. The molecule has 152 valence electrons. The van der Waals surface area contributed by atoms with Gasteiger partial charge in [0.15, 0.2) is 5.96 Å². The molecule has 0 unspecified atom stereocenters. The summed E-state index contributed by atoms with van der Waals surface area (Å²) in [7, 11) is 0. The number of H-pyrrole nitrogens is 1. The molecule has 3 rings (SSSR count). The number of guanidine groups is 1. The minimum absolute atomic E-state index is 0. The van der Waals surface area contributed by atoms with E-state index >= 15 is 0 Å². The van der Waals surface area contributed by atoms with Crippen molar-refractivity contribution in [1.29, 1.82) is 0 Å². The van der Waals surface area contributed by atoms with Crippen LogP contribution in [-0.2, 0) is 19.4 Å². The van der Waals surface area contributed by atoms with E-state index in [-0.39, 0.29) is 24.0 Å². The molecule has 0 saturated carbocycles. The van der Waals surface area contributed by atoms with E-state index in [2.05, 4.69) is 75.5 Å². The van der Waals surface area contributed by atoms with Gasteiger partial charge in [-0.15, -0.1) is 34.2 Å². The van der Waals surface area contributed by atoms with Gasteiger partial charge in [0.25, 0.3) is 0 Å². The van der Waals surface area contributed by atoms with Crippen LogP contribution in [0.3, 0.4) is 0 Å². The second-order valence-electron chi connectivity index (χ2n) is 6.54. The number of benzene rings is 1. The van der Waals surface area contributed by atoms with Gasteiger partial charge in [-0.3, -0.25) is 4.99 Å². The van der Waals surface area contributed by atoms with E-state index in [4.69, 9.17) is 4.99 Å². The summed E-state index contributed by atoms with van der Waals surface area (Å²) in [6.07, 6.45) is 5.68. The van der Waals surface area contributed by atoms with E-state index in [1.54, 1.807) is 6.33 Å². The van der Waals surface area contributed by atoms with Crippen LogP contribution in [0.25, 0.3) is 10.9 Å². The van der Waals surface area contributed by atoms with Crippen LogP contribution >= 0.6 is 24.0 Å². The van der Waals surface area contributed by atoms with Crippen LogP contribution in [0, 0.1) is 6.92 Å². The Morgan fingerprint density at radius 1 is 1.25 bits per heavy atom.